The number of ketones is 1. The molecule has 0 radical (unpaired) electrons. The molecular formula is C15H16Cl2O. The molecule has 18 heavy (non-hydrogen) atoms. The smallest absolute Gasteiger partial charge is 0.163 e. The highest BCUT2D eigenvalue weighted by molar-refractivity contribution is 6.42. The highest BCUT2D eigenvalue weighted by Crippen LogP contribution is 2.36. The summed E-state index contributed by atoms with van der Waals surface area (Å²) in [6.07, 6.45) is 4.82. The topological polar surface area (TPSA) is 17.1 Å². The van der Waals surface area contributed by atoms with E-state index in [0.29, 0.717) is 16.5 Å². The molecule has 0 saturated carbocycles. The molecule has 0 heterocycles. The molecule has 3 heteroatoms. The van der Waals surface area contributed by atoms with Crippen molar-refractivity contribution in [1.82, 2.24) is 0 Å². The van der Waals surface area contributed by atoms with Crippen LogP contribution in [-0.2, 0) is 4.79 Å². The van der Waals surface area contributed by atoms with Gasteiger partial charge in [0.25, 0.3) is 0 Å². The minimum atomic E-state index is 0.236. The first-order chi connectivity index (χ1) is 8.63. The van der Waals surface area contributed by atoms with Crippen molar-refractivity contribution in [3.8, 4) is 0 Å². The highest BCUT2D eigenvalue weighted by Gasteiger charge is 2.24. The van der Waals surface area contributed by atoms with E-state index in [0.717, 1.165) is 36.8 Å². The van der Waals surface area contributed by atoms with E-state index in [1.165, 1.54) is 5.57 Å². The number of carbonyl (C=O) groups is 1. The summed E-state index contributed by atoms with van der Waals surface area (Å²) in [6.45, 7) is 2.16. The fourth-order valence-corrected chi connectivity index (χ4v) is 2.67. The monoisotopic (exact) mass is 282 g/mol. The third-order valence-corrected chi connectivity index (χ3v) is 4.07. The molecule has 1 nitrogen and oxygen atoms in total. The van der Waals surface area contributed by atoms with E-state index in [9.17, 15) is 4.79 Å². The summed E-state index contributed by atoms with van der Waals surface area (Å²) < 4.78 is 0. The number of benzene rings is 1. The maximum Gasteiger partial charge on any atom is 0.163 e. The molecule has 0 saturated heterocycles. The van der Waals surface area contributed by atoms with Crippen LogP contribution in [-0.4, -0.2) is 5.78 Å². The summed E-state index contributed by atoms with van der Waals surface area (Å²) in [5.74, 6) is 0.236. The van der Waals surface area contributed by atoms with Crippen molar-refractivity contribution in [2.24, 2.45) is 0 Å². The Morgan fingerprint density at radius 2 is 1.94 bits per heavy atom. The first-order valence-electron chi connectivity index (χ1n) is 6.34. The van der Waals surface area contributed by atoms with Crippen molar-refractivity contribution < 1.29 is 4.79 Å². The number of hydrogen-bond acceptors (Lipinski definition) is 1. The Kier molecular flexibility index (Phi) is 4.47. The molecule has 0 atom stereocenters. The quantitative estimate of drug-likeness (QED) is 0.732. The third kappa shape index (κ3) is 2.78. The van der Waals surface area contributed by atoms with E-state index < -0.39 is 0 Å². The lowest BCUT2D eigenvalue weighted by molar-refractivity contribution is -0.113. The molecule has 2 rings (SSSR count). The largest absolute Gasteiger partial charge is 0.294 e. The molecule has 0 N–H and O–H groups in total. The van der Waals surface area contributed by atoms with Crippen LogP contribution in [0.15, 0.2) is 23.8 Å². The zero-order valence-electron chi connectivity index (χ0n) is 10.4. The molecule has 0 spiro atoms. The molecule has 0 aliphatic heterocycles. The van der Waals surface area contributed by atoms with Crippen molar-refractivity contribution in [1.29, 1.82) is 0 Å². The summed E-state index contributed by atoms with van der Waals surface area (Å²) in [7, 11) is 0. The minimum absolute atomic E-state index is 0.236. The number of unbranched alkanes of at least 4 members (excludes halogenated alkanes) is 1. The standard InChI is InChI=1S/C15H16Cl2O/c1-2-3-4-10-6-8-14(18)15(10)11-5-7-12(16)13(17)9-11/h5,7,9H,2-4,6,8H2,1H3. The second kappa shape index (κ2) is 5.90. The molecular weight excluding hydrogens is 267 g/mol. The number of Topliss-reactive ketones (excluding diaryl/α,β-unsaturated/α-hetero) is 1. The van der Waals surface area contributed by atoms with Gasteiger partial charge in [-0.15, -0.1) is 0 Å². The molecule has 1 aliphatic carbocycles. The van der Waals surface area contributed by atoms with Crippen molar-refractivity contribution in [2.75, 3.05) is 0 Å². The van der Waals surface area contributed by atoms with Gasteiger partial charge in [-0.25, -0.2) is 0 Å². The van der Waals surface area contributed by atoms with Crippen LogP contribution in [0.5, 0.6) is 0 Å². The Morgan fingerprint density at radius 3 is 2.61 bits per heavy atom. The van der Waals surface area contributed by atoms with Gasteiger partial charge in [0, 0.05) is 12.0 Å². The number of rotatable bonds is 4. The Balaban J connectivity index is 2.37. The van der Waals surface area contributed by atoms with Crippen LogP contribution in [0.1, 0.15) is 44.6 Å². The van der Waals surface area contributed by atoms with Crippen LogP contribution in [0.4, 0.5) is 0 Å². The van der Waals surface area contributed by atoms with Gasteiger partial charge in [-0.2, -0.15) is 0 Å². The molecule has 1 aromatic carbocycles. The van der Waals surface area contributed by atoms with Gasteiger partial charge < -0.3 is 0 Å². The van der Waals surface area contributed by atoms with Gasteiger partial charge in [0.05, 0.1) is 10.0 Å². The minimum Gasteiger partial charge on any atom is -0.294 e. The fraction of sp³-hybridized carbons (Fsp3) is 0.400. The number of carbonyl (C=O) groups excluding carboxylic acids is 1. The first-order valence-corrected chi connectivity index (χ1v) is 7.09. The van der Waals surface area contributed by atoms with Gasteiger partial charge in [-0.05, 0) is 37.0 Å². The van der Waals surface area contributed by atoms with Crippen molar-refractivity contribution in [3.63, 3.8) is 0 Å². The SMILES string of the molecule is CCCCC1=C(c2ccc(Cl)c(Cl)c2)C(=O)CC1. The Labute approximate surface area is 118 Å². The van der Waals surface area contributed by atoms with Crippen LogP contribution in [0, 0.1) is 0 Å². The Morgan fingerprint density at radius 1 is 1.17 bits per heavy atom. The van der Waals surface area contributed by atoms with Gasteiger partial charge in [-0.1, -0.05) is 48.2 Å². The molecule has 0 unspecified atom stereocenters. The maximum atomic E-state index is 12.0. The second-order valence-electron chi connectivity index (χ2n) is 4.63. The molecule has 0 bridgehead atoms. The van der Waals surface area contributed by atoms with E-state index in [2.05, 4.69) is 6.92 Å². The predicted octanol–water partition coefficient (Wildman–Crippen LogP) is 5.30. The molecule has 0 amide bonds. The molecule has 0 aromatic heterocycles. The van der Waals surface area contributed by atoms with Gasteiger partial charge in [-0.3, -0.25) is 4.79 Å². The van der Waals surface area contributed by atoms with Crippen molar-refractivity contribution in [2.45, 2.75) is 39.0 Å². The summed E-state index contributed by atoms with van der Waals surface area (Å²) in [5, 5.41) is 1.04. The zero-order chi connectivity index (χ0) is 13.1. The molecule has 1 aromatic rings. The third-order valence-electron chi connectivity index (χ3n) is 3.33. The first kappa shape index (κ1) is 13.6. The normalized spacial score (nSPS) is 15.6. The summed E-state index contributed by atoms with van der Waals surface area (Å²) >= 11 is 11.9. The van der Waals surface area contributed by atoms with Gasteiger partial charge in [0.15, 0.2) is 5.78 Å². The van der Waals surface area contributed by atoms with Crippen molar-refractivity contribution >= 4 is 34.6 Å². The highest BCUT2D eigenvalue weighted by atomic mass is 35.5. The van der Waals surface area contributed by atoms with Crippen LogP contribution in [0.2, 0.25) is 10.0 Å². The van der Waals surface area contributed by atoms with E-state index in [-0.39, 0.29) is 5.78 Å². The van der Waals surface area contributed by atoms with E-state index in [1.807, 2.05) is 6.07 Å². The lowest BCUT2D eigenvalue weighted by Crippen LogP contribution is -1.96. The van der Waals surface area contributed by atoms with E-state index in [4.69, 9.17) is 23.2 Å². The van der Waals surface area contributed by atoms with E-state index in [1.54, 1.807) is 12.1 Å². The fourth-order valence-electron chi connectivity index (χ4n) is 2.37. The van der Waals surface area contributed by atoms with E-state index >= 15 is 0 Å². The van der Waals surface area contributed by atoms with Crippen molar-refractivity contribution in [3.05, 3.63) is 39.4 Å². The van der Waals surface area contributed by atoms with Gasteiger partial charge in [0.2, 0.25) is 0 Å². The Bertz CT molecular complexity index is 503. The Hall–Kier alpha value is -0.790. The lowest BCUT2D eigenvalue weighted by Gasteiger charge is -2.07. The number of allylic oxidation sites excluding steroid dienone is 2. The van der Waals surface area contributed by atoms with Crippen LogP contribution in [0.3, 0.4) is 0 Å². The van der Waals surface area contributed by atoms with Crippen LogP contribution >= 0.6 is 23.2 Å². The second-order valence-corrected chi connectivity index (χ2v) is 5.45. The average molecular weight is 283 g/mol. The van der Waals surface area contributed by atoms with Crippen LogP contribution < -0.4 is 0 Å². The van der Waals surface area contributed by atoms with Crippen LogP contribution in [0.25, 0.3) is 5.57 Å². The molecule has 96 valence electrons. The number of halogens is 2. The maximum absolute atomic E-state index is 12.0. The van der Waals surface area contributed by atoms with Gasteiger partial charge in [0.1, 0.15) is 0 Å². The zero-order valence-corrected chi connectivity index (χ0v) is 11.9. The summed E-state index contributed by atoms with van der Waals surface area (Å²) in [6, 6.07) is 5.45. The lowest BCUT2D eigenvalue weighted by atomic mass is 9.98. The molecule has 1 aliphatic rings. The van der Waals surface area contributed by atoms with Gasteiger partial charge >= 0.3 is 0 Å². The predicted molar refractivity (Wildman–Crippen MR) is 77.1 cm³/mol. The summed E-state index contributed by atoms with van der Waals surface area (Å²) in [4.78, 5) is 12.0. The number of hydrogen-bond donors (Lipinski definition) is 0. The summed E-state index contributed by atoms with van der Waals surface area (Å²) in [5.41, 5.74) is 3.07. The average Bonchev–Trinajstić information content (AvgIpc) is 2.71. The molecule has 0 fully saturated rings.